The van der Waals surface area contributed by atoms with E-state index in [2.05, 4.69) is 17.1 Å². The van der Waals surface area contributed by atoms with E-state index in [1.165, 1.54) is 6.42 Å². The molecule has 25 heavy (non-hydrogen) atoms. The van der Waals surface area contributed by atoms with Gasteiger partial charge in [-0.2, -0.15) is 0 Å². The zero-order chi connectivity index (χ0) is 17.5. The molecular formula is C20H25ClN2O2. The molecule has 5 rings (SSSR count). The van der Waals surface area contributed by atoms with Crippen molar-refractivity contribution in [3.8, 4) is 0 Å². The van der Waals surface area contributed by atoms with Gasteiger partial charge in [0.1, 0.15) is 0 Å². The average molecular weight is 361 g/mol. The number of halogens is 1. The lowest BCUT2D eigenvalue weighted by atomic mass is 9.67. The number of carbonyl (C=O) groups is 1. The smallest absolute Gasteiger partial charge is 0.322 e. The van der Waals surface area contributed by atoms with Gasteiger partial charge in [0.15, 0.2) is 0 Å². The van der Waals surface area contributed by atoms with E-state index in [0.29, 0.717) is 17.1 Å². The van der Waals surface area contributed by atoms with E-state index in [1.54, 1.807) is 0 Å². The zero-order valence-corrected chi connectivity index (χ0v) is 15.5. The van der Waals surface area contributed by atoms with E-state index in [9.17, 15) is 9.90 Å². The Bertz CT molecular complexity index is 749. The standard InChI is InChI=1S/C20H25ClN2O2/c1-10-7-13-17-16(8-10)23(18(13)17)19(24)22-11-3-4-15(21)12(9-11)14-5-6-20(14,2)25/h3-4,9-10,13-14,16-18,25H,5-8H2,1-2H3,(H,22,24)/t10?,13?,14?,16?,17?,18?,20-/m0/s1. The second-order valence-corrected chi connectivity index (χ2v) is 9.31. The van der Waals surface area contributed by atoms with Crippen LogP contribution in [0.4, 0.5) is 10.5 Å². The van der Waals surface area contributed by atoms with E-state index in [1.807, 2.05) is 25.1 Å². The Morgan fingerprint density at radius 2 is 2.20 bits per heavy atom. The topological polar surface area (TPSA) is 52.6 Å². The molecule has 134 valence electrons. The highest BCUT2D eigenvalue weighted by Crippen LogP contribution is 2.64. The van der Waals surface area contributed by atoms with Crippen molar-refractivity contribution in [1.82, 2.24) is 4.90 Å². The number of fused-ring (bicyclic) bond motifs is 1. The van der Waals surface area contributed by atoms with Gasteiger partial charge in [-0.1, -0.05) is 18.5 Å². The highest BCUT2D eigenvalue weighted by atomic mass is 35.5. The maximum Gasteiger partial charge on any atom is 0.322 e. The van der Waals surface area contributed by atoms with E-state index >= 15 is 0 Å². The molecule has 7 atom stereocenters. The highest BCUT2D eigenvalue weighted by molar-refractivity contribution is 6.31. The number of urea groups is 1. The van der Waals surface area contributed by atoms with Crippen LogP contribution in [0.25, 0.3) is 0 Å². The lowest BCUT2D eigenvalue weighted by Crippen LogP contribution is -2.54. The molecule has 0 aromatic heterocycles. The maximum atomic E-state index is 12.8. The second kappa shape index (κ2) is 5.14. The fourth-order valence-corrected chi connectivity index (χ4v) is 5.94. The SMILES string of the molecule is CC1CC2C3C(C1)N(C(=O)Nc1ccc(Cl)c(C4CC[C@]4(C)O)c1)C23. The van der Waals surface area contributed by atoms with Crippen molar-refractivity contribution in [2.45, 2.75) is 63.1 Å². The van der Waals surface area contributed by atoms with Crippen LogP contribution < -0.4 is 5.32 Å². The van der Waals surface area contributed by atoms with Crippen LogP contribution >= 0.6 is 11.6 Å². The molecule has 5 heteroatoms. The Labute approximate surface area is 153 Å². The van der Waals surface area contributed by atoms with Gasteiger partial charge in [0.25, 0.3) is 0 Å². The van der Waals surface area contributed by atoms with Gasteiger partial charge in [-0.25, -0.2) is 4.79 Å². The summed E-state index contributed by atoms with van der Waals surface area (Å²) in [5, 5.41) is 14.1. The Morgan fingerprint density at radius 1 is 1.40 bits per heavy atom. The van der Waals surface area contributed by atoms with Crippen molar-refractivity contribution in [3.05, 3.63) is 28.8 Å². The summed E-state index contributed by atoms with van der Waals surface area (Å²) >= 11 is 6.35. The molecule has 1 aromatic carbocycles. The minimum Gasteiger partial charge on any atom is -0.390 e. The van der Waals surface area contributed by atoms with Crippen LogP contribution in [0.3, 0.4) is 0 Å². The fourth-order valence-electron chi connectivity index (χ4n) is 5.69. The summed E-state index contributed by atoms with van der Waals surface area (Å²) in [7, 11) is 0. The minimum absolute atomic E-state index is 0.0245. The molecule has 1 aromatic rings. The average Bonchev–Trinajstić information content (AvgIpc) is 3.19. The monoisotopic (exact) mass is 360 g/mol. The predicted molar refractivity (Wildman–Crippen MR) is 97.9 cm³/mol. The van der Waals surface area contributed by atoms with Crippen LogP contribution in [-0.2, 0) is 0 Å². The van der Waals surface area contributed by atoms with Gasteiger partial charge in [0.2, 0.25) is 0 Å². The third kappa shape index (κ3) is 2.26. The van der Waals surface area contributed by atoms with Crippen molar-refractivity contribution in [2.75, 3.05) is 5.32 Å². The van der Waals surface area contributed by atoms with Crippen molar-refractivity contribution in [2.24, 2.45) is 17.8 Å². The molecule has 4 nitrogen and oxygen atoms in total. The van der Waals surface area contributed by atoms with Crippen molar-refractivity contribution >= 4 is 23.3 Å². The number of likely N-dealkylation sites (tertiary alicyclic amines) is 1. The highest BCUT2D eigenvalue weighted by Gasteiger charge is 2.71. The number of benzene rings is 1. The molecule has 2 amide bonds. The van der Waals surface area contributed by atoms with Gasteiger partial charge in [-0.15, -0.1) is 0 Å². The molecule has 3 saturated carbocycles. The largest absolute Gasteiger partial charge is 0.390 e. The minimum atomic E-state index is -0.696. The number of anilines is 1. The Kier molecular flexibility index (Phi) is 3.28. The van der Waals surface area contributed by atoms with Crippen LogP contribution in [0.15, 0.2) is 18.2 Å². The maximum absolute atomic E-state index is 12.8. The number of hydrogen-bond donors (Lipinski definition) is 2. The summed E-state index contributed by atoms with van der Waals surface area (Å²) in [6, 6.07) is 6.58. The van der Waals surface area contributed by atoms with Crippen molar-refractivity contribution in [3.63, 3.8) is 0 Å². The molecule has 2 N–H and O–H groups in total. The van der Waals surface area contributed by atoms with E-state index < -0.39 is 5.60 Å². The third-order valence-corrected chi connectivity index (χ3v) is 7.52. The van der Waals surface area contributed by atoms with Crippen LogP contribution in [0, 0.1) is 17.8 Å². The van der Waals surface area contributed by atoms with Gasteiger partial charge < -0.3 is 15.3 Å². The first-order valence-corrected chi connectivity index (χ1v) is 9.86. The van der Waals surface area contributed by atoms with Crippen LogP contribution in [0.2, 0.25) is 5.02 Å². The van der Waals surface area contributed by atoms with Gasteiger partial charge >= 0.3 is 6.03 Å². The summed E-state index contributed by atoms with van der Waals surface area (Å²) in [5.74, 6) is 2.30. The van der Waals surface area contributed by atoms with Crippen molar-refractivity contribution < 1.29 is 9.90 Å². The number of nitrogens with one attached hydrogen (secondary N) is 1. The van der Waals surface area contributed by atoms with Crippen LogP contribution in [-0.4, -0.2) is 33.7 Å². The Balaban J connectivity index is 1.33. The zero-order valence-electron chi connectivity index (χ0n) is 14.7. The molecule has 0 bridgehead atoms. The normalized spacial score (nSPS) is 43.6. The third-order valence-electron chi connectivity index (χ3n) is 7.17. The molecule has 0 spiro atoms. The number of carbonyl (C=O) groups excluding carboxylic acids is 1. The second-order valence-electron chi connectivity index (χ2n) is 8.90. The first-order valence-electron chi connectivity index (χ1n) is 9.48. The summed E-state index contributed by atoms with van der Waals surface area (Å²) in [6.07, 6.45) is 4.14. The molecule has 4 fully saturated rings. The number of rotatable bonds is 2. The predicted octanol–water partition coefficient (Wildman–Crippen LogP) is 4.23. The quantitative estimate of drug-likeness (QED) is 0.829. The molecule has 0 radical (unpaired) electrons. The molecule has 1 saturated heterocycles. The number of hydrogen-bond acceptors (Lipinski definition) is 2. The van der Waals surface area contributed by atoms with Crippen molar-refractivity contribution in [1.29, 1.82) is 0 Å². The lowest BCUT2D eigenvalue weighted by molar-refractivity contribution is -0.0405. The van der Waals surface area contributed by atoms with Crippen LogP contribution in [0.1, 0.15) is 51.0 Å². The molecular weight excluding hydrogens is 336 g/mol. The first kappa shape index (κ1) is 16.0. The van der Waals surface area contributed by atoms with Gasteiger partial charge in [-0.05, 0) is 68.2 Å². The molecule has 4 aliphatic rings. The summed E-state index contributed by atoms with van der Waals surface area (Å²) < 4.78 is 0. The van der Waals surface area contributed by atoms with Crippen LogP contribution in [0.5, 0.6) is 0 Å². The van der Waals surface area contributed by atoms with Gasteiger partial charge in [0.05, 0.1) is 5.60 Å². The van der Waals surface area contributed by atoms with E-state index in [0.717, 1.165) is 48.3 Å². The summed E-state index contributed by atoms with van der Waals surface area (Å²) in [6.45, 7) is 4.16. The molecule has 1 heterocycles. The van der Waals surface area contributed by atoms with E-state index in [4.69, 9.17) is 11.6 Å². The first-order chi connectivity index (χ1) is 11.9. The van der Waals surface area contributed by atoms with E-state index in [-0.39, 0.29) is 11.9 Å². The fraction of sp³-hybridized carbons (Fsp3) is 0.650. The van der Waals surface area contributed by atoms with Gasteiger partial charge in [0, 0.05) is 34.6 Å². The lowest BCUT2D eigenvalue weighted by Gasteiger charge is -2.43. The molecule has 3 aliphatic carbocycles. The molecule has 1 aliphatic heterocycles. The number of aliphatic hydroxyl groups is 1. The number of amides is 2. The van der Waals surface area contributed by atoms with Gasteiger partial charge in [-0.3, -0.25) is 0 Å². The number of nitrogens with zero attached hydrogens (tertiary/aromatic N) is 1. The Hall–Kier alpha value is -1.26. The summed E-state index contributed by atoms with van der Waals surface area (Å²) in [5.41, 5.74) is 1.02. The Morgan fingerprint density at radius 3 is 2.88 bits per heavy atom. The summed E-state index contributed by atoms with van der Waals surface area (Å²) in [4.78, 5) is 14.9. The molecule has 6 unspecified atom stereocenters.